The molecule has 164 valence electrons. The Kier molecular flexibility index (Phi) is 5.25. The number of fused-ring (bicyclic) bond motifs is 2. The average Bonchev–Trinajstić information content (AvgIpc) is 3.14. The summed E-state index contributed by atoms with van der Waals surface area (Å²) in [6.07, 6.45) is -7.28. The van der Waals surface area contributed by atoms with Crippen LogP contribution in [-0.2, 0) is 15.9 Å². The number of rotatable bonds is 4. The van der Waals surface area contributed by atoms with E-state index in [0.29, 0.717) is 17.4 Å². The van der Waals surface area contributed by atoms with Crippen LogP contribution in [0.2, 0.25) is 0 Å². The van der Waals surface area contributed by atoms with Crippen molar-refractivity contribution in [3.63, 3.8) is 0 Å². The highest BCUT2D eigenvalue weighted by Crippen LogP contribution is 2.45. The Hall–Kier alpha value is -2.21. The lowest BCUT2D eigenvalue weighted by Crippen LogP contribution is -2.61. The number of phenols is 1. The van der Waals surface area contributed by atoms with Crippen LogP contribution in [0.1, 0.15) is 19.4 Å². The summed E-state index contributed by atoms with van der Waals surface area (Å²) in [5, 5.41) is 50.5. The van der Waals surface area contributed by atoms with E-state index in [0.717, 1.165) is 0 Å². The van der Waals surface area contributed by atoms with Crippen molar-refractivity contribution in [3.8, 4) is 11.5 Å². The molecule has 0 bridgehead atoms. The minimum absolute atomic E-state index is 0.0227. The lowest BCUT2D eigenvalue weighted by Gasteiger charge is -2.43. The van der Waals surface area contributed by atoms with Gasteiger partial charge in [-0.25, -0.2) is 4.79 Å². The maximum Gasteiger partial charge on any atom is 0.336 e. The van der Waals surface area contributed by atoms with Gasteiger partial charge in [-0.3, -0.25) is 0 Å². The van der Waals surface area contributed by atoms with Gasteiger partial charge in [0.25, 0.3) is 0 Å². The van der Waals surface area contributed by atoms with Crippen LogP contribution < -0.4 is 10.4 Å². The van der Waals surface area contributed by atoms with E-state index < -0.39 is 54.6 Å². The summed E-state index contributed by atoms with van der Waals surface area (Å²) in [7, 11) is 0. The Labute approximate surface area is 170 Å². The first-order chi connectivity index (χ1) is 14.1. The summed E-state index contributed by atoms with van der Waals surface area (Å²) < 4.78 is 22.3. The summed E-state index contributed by atoms with van der Waals surface area (Å²) in [4.78, 5) is 11.5. The van der Waals surface area contributed by atoms with E-state index in [4.69, 9.17) is 18.6 Å². The molecule has 3 heterocycles. The molecule has 1 aromatic heterocycles. The van der Waals surface area contributed by atoms with Gasteiger partial charge in [0.15, 0.2) is 17.6 Å². The van der Waals surface area contributed by atoms with Crippen molar-refractivity contribution in [2.75, 3.05) is 6.61 Å². The van der Waals surface area contributed by atoms with E-state index in [9.17, 15) is 30.3 Å². The molecule has 0 aliphatic carbocycles. The van der Waals surface area contributed by atoms with Gasteiger partial charge >= 0.3 is 5.63 Å². The summed E-state index contributed by atoms with van der Waals surface area (Å²) >= 11 is 0. The number of hydrogen-bond acceptors (Lipinski definition) is 10. The van der Waals surface area contributed by atoms with Crippen LogP contribution in [0.4, 0.5) is 0 Å². The number of aliphatic hydroxyl groups excluding tert-OH is 4. The molecule has 2 aromatic rings. The third kappa shape index (κ3) is 3.45. The predicted molar refractivity (Wildman–Crippen MR) is 101 cm³/mol. The van der Waals surface area contributed by atoms with Crippen molar-refractivity contribution in [1.82, 2.24) is 0 Å². The maximum atomic E-state index is 11.5. The number of aliphatic hydroxyl groups is 4. The van der Waals surface area contributed by atoms with Crippen molar-refractivity contribution in [3.05, 3.63) is 34.2 Å². The molecule has 1 saturated heterocycles. The van der Waals surface area contributed by atoms with E-state index in [-0.39, 0.29) is 17.1 Å². The van der Waals surface area contributed by atoms with Gasteiger partial charge in [0.05, 0.1) is 6.61 Å². The Morgan fingerprint density at radius 2 is 1.90 bits per heavy atom. The van der Waals surface area contributed by atoms with Crippen LogP contribution >= 0.6 is 0 Å². The first kappa shape index (κ1) is 21.0. The summed E-state index contributed by atoms with van der Waals surface area (Å²) in [6.45, 7) is 2.80. The van der Waals surface area contributed by atoms with Crippen LogP contribution in [0.3, 0.4) is 0 Å². The molecule has 10 heteroatoms. The van der Waals surface area contributed by atoms with Gasteiger partial charge in [-0.2, -0.15) is 0 Å². The maximum absolute atomic E-state index is 11.5. The predicted octanol–water partition coefficient (Wildman–Crippen LogP) is -0.603. The summed E-state index contributed by atoms with van der Waals surface area (Å²) in [5.41, 5.74) is -0.968. The van der Waals surface area contributed by atoms with Crippen molar-refractivity contribution in [2.24, 2.45) is 0 Å². The zero-order valence-corrected chi connectivity index (χ0v) is 16.4. The molecular weight excluding hydrogens is 400 g/mol. The molecule has 1 fully saturated rings. The van der Waals surface area contributed by atoms with Gasteiger partial charge < -0.3 is 44.2 Å². The number of ether oxygens (including phenoxy) is 3. The summed E-state index contributed by atoms with van der Waals surface area (Å²) in [5.74, 6) is -0.112. The molecule has 0 radical (unpaired) electrons. The zero-order valence-electron chi connectivity index (χ0n) is 16.4. The largest absolute Gasteiger partial charge is 0.502 e. The van der Waals surface area contributed by atoms with Crippen LogP contribution in [0.5, 0.6) is 11.5 Å². The average molecular weight is 424 g/mol. The molecule has 6 atom stereocenters. The second kappa shape index (κ2) is 7.49. The van der Waals surface area contributed by atoms with Gasteiger partial charge in [0.1, 0.15) is 36.1 Å². The smallest absolute Gasteiger partial charge is 0.336 e. The van der Waals surface area contributed by atoms with Crippen molar-refractivity contribution < 1.29 is 44.2 Å². The Balaban J connectivity index is 1.57. The first-order valence-corrected chi connectivity index (χ1v) is 9.56. The third-order valence-electron chi connectivity index (χ3n) is 5.62. The molecule has 10 nitrogen and oxygen atoms in total. The second-order valence-corrected chi connectivity index (χ2v) is 8.12. The van der Waals surface area contributed by atoms with E-state index in [2.05, 4.69) is 0 Å². The molecule has 2 aliphatic rings. The Morgan fingerprint density at radius 1 is 1.17 bits per heavy atom. The van der Waals surface area contributed by atoms with E-state index >= 15 is 0 Å². The molecular formula is C20H24O10. The lowest BCUT2D eigenvalue weighted by atomic mass is 9.95. The number of hydrogen-bond donors (Lipinski definition) is 5. The van der Waals surface area contributed by atoms with Gasteiger partial charge in [-0.1, -0.05) is 0 Å². The van der Waals surface area contributed by atoms with Gasteiger partial charge in [0.2, 0.25) is 5.75 Å². The highest BCUT2D eigenvalue weighted by Gasteiger charge is 2.48. The van der Waals surface area contributed by atoms with Crippen LogP contribution in [-0.4, -0.2) is 74.6 Å². The quantitative estimate of drug-likeness (QED) is 0.401. The lowest BCUT2D eigenvalue weighted by molar-refractivity contribution is -0.329. The molecule has 0 spiro atoms. The fourth-order valence-corrected chi connectivity index (χ4v) is 3.83. The molecule has 0 unspecified atom stereocenters. The van der Waals surface area contributed by atoms with Crippen LogP contribution in [0.25, 0.3) is 11.0 Å². The number of benzene rings is 1. The second-order valence-electron chi connectivity index (χ2n) is 8.12. The number of phenolic OH excluding ortho intramolecular Hbond substituents is 1. The molecule has 2 aliphatic heterocycles. The van der Waals surface area contributed by atoms with Crippen molar-refractivity contribution >= 4 is 11.0 Å². The van der Waals surface area contributed by atoms with Gasteiger partial charge in [0, 0.05) is 23.4 Å². The minimum atomic E-state index is -1.56. The fourth-order valence-electron chi connectivity index (χ4n) is 3.83. The topological polar surface area (TPSA) is 159 Å². The normalized spacial score (nSPS) is 31.5. The molecule has 30 heavy (non-hydrogen) atoms. The van der Waals surface area contributed by atoms with Gasteiger partial charge in [-0.05, 0) is 26.0 Å². The standard InChI is InChI=1S/C20H24O10/c1-20(2,30-19-15(25)14(24)13(23)10(7-21)27-19)11-6-9-5-8-3-4-12(22)29-17(8)16(26)18(9)28-11/h3-5,10-11,13-15,19,21,23-26H,6-7H2,1-2H3/t10-,11-,13-,14-,15-,19+/m0/s1. The first-order valence-electron chi connectivity index (χ1n) is 9.56. The Bertz CT molecular complexity index is 997. The Morgan fingerprint density at radius 3 is 2.60 bits per heavy atom. The SMILES string of the molecule is CC(C)(O[C@H]1O[C@@H](CO)[C@H](O)[C@H](O)[C@@H]1O)[C@@H]1Cc2cc3ccc(=O)oc3c(O)c2O1. The highest BCUT2D eigenvalue weighted by atomic mass is 16.7. The molecule has 0 amide bonds. The summed E-state index contributed by atoms with van der Waals surface area (Å²) in [6, 6.07) is 4.55. The van der Waals surface area contributed by atoms with Gasteiger partial charge in [-0.15, -0.1) is 0 Å². The monoisotopic (exact) mass is 424 g/mol. The van der Waals surface area contributed by atoms with E-state index in [1.54, 1.807) is 26.0 Å². The molecule has 4 rings (SSSR count). The number of aromatic hydroxyl groups is 1. The van der Waals surface area contributed by atoms with E-state index in [1.807, 2.05) is 0 Å². The molecule has 0 saturated carbocycles. The highest BCUT2D eigenvalue weighted by molar-refractivity contribution is 5.86. The van der Waals surface area contributed by atoms with E-state index in [1.165, 1.54) is 6.07 Å². The van der Waals surface area contributed by atoms with Crippen molar-refractivity contribution in [2.45, 2.75) is 62.7 Å². The fraction of sp³-hybridized carbons (Fsp3) is 0.550. The van der Waals surface area contributed by atoms with Crippen molar-refractivity contribution in [1.29, 1.82) is 0 Å². The third-order valence-corrected chi connectivity index (χ3v) is 5.62. The zero-order chi connectivity index (χ0) is 21.8. The molecule has 5 N–H and O–H groups in total. The van der Waals surface area contributed by atoms with Crippen LogP contribution in [0.15, 0.2) is 27.4 Å². The molecule has 1 aromatic carbocycles. The minimum Gasteiger partial charge on any atom is -0.502 e. The van der Waals surface area contributed by atoms with Crippen LogP contribution in [0, 0.1) is 0 Å².